The van der Waals surface area contributed by atoms with Gasteiger partial charge in [0.15, 0.2) is 0 Å². The fourth-order valence-corrected chi connectivity index (χ4v) is 6.14. The van der Waals surface area contributed by atoms with E-state index in [0.717, 1.165) is 50.8 Å². The van der Waals surface area contributed by atoms with E-state index in [-0.39, 0.29) is 11.3 Å². The lowest BCUT2D eigenvalue weighted by molar-refractivity contribution is -0.128. The van der Waals surface area contributed by atoms with Gasteiger partial charge in [0, 0.05) is 49.4 Å². The van der Waals surface area contributed by atoms with Crippen LogP contribution < -0.4 is 15.5 Å². The van der Waals surface area contributed by atoms with E-state index in [4.69, 9.17) is 4.98 Å². The van der Waals surface area contributed by atoms with E-state index in [0.29, 0.717) is 18.1 Å². The number of nitrogens with zero attached hydrogens (tertiary/aromatic N) is 4. The van der Waals surface area contributed by atoms with Gasteiger partial charge in [-0.05, 0) is 57.6 Å². The van der Waals surface area contributed by atoms with Crippen molar-refractivity contribution in [2.45, 2.75) is 116 Å². The van der Waals surface area contributed by atoms with E-state index in [1.165, 1.54) is 64.2 Å². The maximum atomic E-state index is 12.5. The standard InChI is InChI=1S/C28H48N6O/c1-28(2,3)26(35)29-17-15-24-23(14-11-21-34(24)22-12-7-6-8-13-22)31-27-30-18-16-25(32-27)33-19-9-4-5-10-20-33/h16,18,22-24H,4-15,17,19-21H2,1-3H3,(H,29,35)(H,30,31,32)/t23-,24+/m0/s1. The van der Waals surface area contributed by atoms with E-state index < -0.39 is 0 Å². The lowest BCUT2D eigenvalue weighted by atomic mass is 9.87. The van der Waals surface area contributed by atoms with Crippen LogP contribution in [0.25, 0.3) is 0 Å². The Balaban J connectivity index is 1.46. The highest BCUT2D eigenvalue weighted by molar-refractivity contribution is 5.81. The van der Waals surface area contributed by atoms with Gasteiger partial charge in [-0.25, -0.2) is 4.98 Å². The SMILES string of the molecule is CC(C)(C)C(=O)NCC[C@@H]1[C@@H](Nc2nccc(N3CCCCCC3)n2)CCCN1C1CCCCC1. The number of carbonyl (C=O) groups excluding carboxylic acids is 1. The molecule has 0 radical (unpaired) electrons. The Hall–Kier alpha value is -1.89. The minimum Gasteiger partial charge on any atom is -0.356 e. The predicted octanol–water partition coefficient (Wildman–Crippen LogP) is 4.99. The number of piperidine rings is 1. The lowest BCUT2D eigenvalue weighted by Crippen LogP contribution is -2.56. The Labute approximate surface area is 212 Å². The zero-order valence-electron chi connectivity index (χ0n) is 22.4. The lowest BCUT2D eigenvalue weighted by Gasteiger charge is -2.47. The number of rotatable bonds is 7. The summed E-state index contributed by atoms with van der Waals surface area (Å²) in [4.78, 5) is 27.3. The third-order valence-electron chi connectivity index (χ3n) is 8.16. The minimum atomic E-state index is -0.352. The second-order valence-corrected chi connectivity index (χ2v) is 11.9. The molecule has 7 heteroatoms. The number of anilines is 2. The molecule has 4 rings (SSSR count). The first kappa shape index (κ1) is 26.2. The van der Waals surface area contributed by atoms with E-state index in [2.05, 4.69) is 31.5 Å². The molecule has 1 aromatic rings. The first-order valence-corrected chi connectivity index (χ1v) is 14.3. The molecule has 3 aliphatic rings. The quantitative estimate of drug-likeness (QED) is 0.568. The summed E-state index contributed by atoms with van der Waals surface area (Å²) in [5.74, 6) is 1.94. The molecule has 2 N–H and O–H groups in total. The molecule has 2 aliphatic heterocycles. The predicted molar refractivity (Wildman–Crippen MR) is 144 cm³/mol. The van der Waals surface area contributed by atoms with Crippen molar-refractivity contribution in [3.05, 3.63) is 12.3 Å². The monoisotopic (exact) mass is 484 g/mol. The average Bonchev–Trinajstić information content (AvgIpc) is 3.15. The minimum absolute atomic E-state index is 0.135. The first-order valence-electron chi connectivity index (χ1n) is 14.3. The smallest absolute Gasteiger partial charge is 0.225 e. The Morgan fingerprint density at radius 3 is 2.40 bits per heavy atom. The van der Waals surface area contributed by atoms with Gasteiger partial charge in [-0.2, -0.15) is 4.98 Å². The fraction of sp³-hybridized carbons (Fsp3) is 0.821. The zero-order valence-corrected chi connectivity index (χ0v) is 22.4. The second-order valence-electron chi connectivity index (χ2n) is 11.9. The Bertz CT molecular complexity index is 795. The van der Waals surface area contributed by atoms with Crippen LogP contribution in [0.2, 0.25) is 0 Å². The number of amides is 1. The topological polar surface area (TPSA) is 73.4 Å². The van der Waals surface area contributed by atoms with Crippen LogP contribution in [0.5, 0.6) is 0 Å². The van der Waals surface area contributed by atoms with Crippen LogP contribution in [0.15, 0.2) is 12.3 Å². The number of aromatic nitrogens is 2. The summed E-state index contributed by atoms with van der Waals surface area (Å²) in [5.41, 5.74) is -0.352. The molecule has 196 valence electrons. The molecule has 1 aliphatic carbocycles. The molecule has 2 saturated heterocycles. The van der Waals surface area contributed by atoms with Gasteiger partial charge in [0.1, 0.15) is 5.82 Å². The molecular formula is C28H48N6O. The van der Waals surface area contributed by atoms with Crippen molar-refractivity contribution in [1.29, 1.82) is 0 Å². The van der Waals surface area contributed by atoms with Gasteiger partial charge in [0.05, 0.1) is 0 Å². The Morgan fingerprint density at radius 1 is 0.971 bits per heavy atom. The Kier molecular flexibility index (Phi) is 9.26. The van der Waals surface area contributed by atoms with Gasteiger partial charge in [-0.1, -0.05) is 52.9 Å². The van der Waals surface area contributed by atoms with Crippen LogP contribution in [0.1, 0.15) is 97.8 Å². The van der Waals surface area contributed by atoms with Crippen LogP contribution in [0.4, 0.5) is 11.8 Å². The van der Waals surface area contributed by atoms with Crippen LogP contribution in [0.3, 0.4) is 0 Å². The van der Waals surface area contributed by atoms with Crippen LogP contribution >= 0.6 is 0 Å². The third kappa shape index (κ3) is 7.31. The Morgan fingerprint density at radius 2 is 1.69 bits per heavy atom. The summed E-state index contributed by atoms with van der Waals surface area (Å²) in [6.45, 7) is 10.0. The van der Waals surface area contributed by atoms with E-state index in [1.54, 1.807) is 0 Å². The molecule has 7 nitrogen and oxygen atoms in total. The molecule has 35 heavy (non-hydrogen) atoms. The number of likely N-dealkylation sites (tertiary alicyclic amines) is 1. The fourth-order valence-electron chi connectivity index (χ4n) is 6.14. The van der Waals surface area contributed by atoms with Gasteiger partial charge >= 0.3 is 0 Å². The highest BCUT2D eigenvalue weighted by Crippen LogP contribution is 2.31. The molecule has 3 fully saturated rings. The van der Waals surface area contributed by atoms with Crippen LogP contribution in [-0.2, 0) is 4.79 Å². The number of hydrogen-bond acceptors (Lipinski definition) is 6. The van der Waals surface area contributed by atoms with Crippen molar-refractivity contribution in [2.24, 2.45) is 5.41 Å². The van der Waals surface area contributed by atoms with Crippen molar-refractivity contribution in [3.63, 3.8) is 0 Å². The van der Waals surface area contributed by atoms with E-state index in [1.807, 2.05) is 27.0 Å². The normalized spacial score (nSPS) is 25.2. The van der Waals surface area contributed by atoms with Crippen molar-refractivity contribution in [1.82, 2.24) is 20.2 Å². The van der Waals surface area contributed by atoms with Crippen LogP contribution in [0, 0.1) is 5.41 Å². The maximum Gasteiger partial charge on any atom is 0.225 e. The third-order valence-corrected chi connectivity index (χ3v) is 8.16. The van der Waals surface area contributed by atoms with Crippen molar-refractivity contribution in [2.75, 3.05) is 36.4 Å². The molecule has 3 heterocycles. The van der Waals surface area contributed by atoms with Crippen molar-refractivity contribution < 1.29 is 4.79 Å². The first-order chi connectivity index (χ1) is 16.9. The highest BCUT2D eigenvalue weighted by Gasteiger charge is 2.36. The largest absolute Gasteiger partial charge is 0.356 e. The summed E-state index contributed by atoms with van der Waals surface area (Å²) >= 11 is 0. The van der Waals surface area contributed by atoms with Gasteiger partial charge in [0.25, 0.3) is 0 Å². The van der Waals surface area contributed by atoms with E-state index >= 15 is 0 Å². The van der Waals surface area contributed by atoms with E-state index in [9.17, 15) is 4.79 Å². The molecule has 1 saturated carbocycles. The summed E-state index contributed by atoms with van der Waals surface area (Å²) in [5, 5.41) is 6.96. The molecule has 1 amide bonds. The van der Waals surface area contributed by atoms with Gasteiger partial charge < -0.3 is 15.5 Å². The van der Waals surface area contributed by atoms with Crippen molar-refractivity contribution in [3.8, 4) is 0 Å². The van der Waals surface area contributed by atoms with Gasteiger partial charge in [-0.15, -0.1) is 0 Å². The summed E-state index contributed by atoms with van der Waals surface area (Å²) in [6, 6.07) is 3.42. The van der Waals surface area contributed by atoms with Crippen LogP contribution in [-0.4, -0.2) is 65.1 Å². The number of carbonyl (C=O) groups is 1. The zero-order chi connectivity index (χ0) is 24.7. The second kappa shape index (κ2) is 12.4. The number of hydrogen-bond donors (Lipinski definition) is 2. The molecule has 2 atom stereocenters. The summed E-state index contributed by atoms with van der Waals surface area (Å²) in [6.07, 6.45) is 17.0. The van der Waals surface area contributed by atoms with Gasteiger partial charge in [0.2, 0.25) is 11.9 Å². The van der Waals surface area contributed by atoms with Crippen molar-refractivity contribution >= 4 is 17.7 Å². The molecule has 1 aromatic heterocycles. The highest BCUT2D eigenvalue weighted by atomic mass is 16.2. The molecule has 0 spiro atoms. The molecule has 0 unspecified atom stereocenters. The number of nitrogens with one attached hydrogen (secondary N) is 2. The molecule has 0 aromatic carbocycles. The molecular weight excluding hydrogens is 436 g/mol. The average molecular weight is 485 g/mol. The summed E-state index contributed by atoms with van der Waals surface area (Å²) < 4.78 is 0. The maximum absolute atomic E-state index is 12.5. The summed E-state index contributed by atoms with van der Waals surface area (Å²) in [7, 11) is 0. The van der Waals surface area contributed by atoms with Gasteiger partial charge in [-0.3, -0.25) is 9.69 Å². The molecule has 0 bridgehead atoms.